The molecule has 2 N–H and O–H groups in total. The van der Waals surface area contributed by atoms with Crippen LogP contribution in [0.2, 0.25) is 5.02 Å². The lowest BCUT2D eigenvalue weighted by Gasteiger charge is -2.37. The van der Waals surface area contributed by atoms with E-state index >= 15 is 0 Å². The predicted octanol–water partition coefficient (Wildman–Crippen LogP) is 4.93. The van der Waals surface area contributed by atoms with Crippen molar-refractivity contribution in [2.75, 3.05) is 43.5 Å². The molecule has 34 heavy (non-hydrogen) atoms. The number of piperazine rings is 1. The highest BCUT2D eigenvalue weighted by molar-refractivity contribution is 9.10. The van der Waals surface area contributed by atoms with Crippen LogP contribution >= 0.6 is 39.7 Å². The van der Waals surface area contributed by atoms with Crippen molar-refractivity contribution in [3.8, 4) is 5.75 Å². The topological polar surface area (TPSA) is 73.9 Å². The van der Waals surface area contributed by atoms with Crippen LogP contribution in [0.1, 0.15) is 30.6 Å². The van der Waals surface area contributed by atoms with Crippen LogP contribution < -0.4 is 20.3 Å². The molecule has 0 radical (unpaired) electrons. The van der Waals surface area contributed by atoms with Crippen LogP contribution in [0.3, 0.4) is 0 Å². The first-order valence-electron chi connectivity index (χ1n) is 11.0. The third kappa shape index (κ3) is 6.84. The van der Waals surface area contributed by atoms with Gasteiger partial charge in [0.2, 0.25) is 5.91 Å². The number of thiocarbonyl (C=S) groups is 1. The minimum Gasteiger partial charge on any atom is -0.496 e. The normalized spacial score (nSPS) is 13.6. The Morgan fingerprint density at radius 1 is 1.15 bits per heavy atom. The molecule has 1 fully saturated rings. The number of carbonyl (C=O) groups is 2. The summed E-state index contributed by atoms with van der Waals surface area (Å²) in [4.78, 5) is 29.3. The van der Waals surface area contributed by atoms with Gasteiger partial charge in [0.15, 0.2) is 5.11 Å². The van der Waals surface area contributed by atoms with Gasteiger partial charge in [0.1, 0.15) is 5.75 Å². The lowest BCUT2D eigenvalue weighted by Crippen LogP contribution is -2.49. The SMILES string of the molecule is COc1ccc(Br)cc1C(=O)NC(=S)Nc1cc(Cl)ccc1N1CCN(C(=O)CC(C)C)CC1. The van der Waals surface area contributed by atoms with E-state index in [0.717, 1.165) is 10.2 Å². The summed E-state index contributed by atoms with van der Waals surface area (Å²) in [6.07, 6.45) is 0.560. The molecule has 2 aromatic carbocycles. The molecule has 2 amide bonds. The number of nitrogens with one attached hydrogen (secondary N) is 2. The Morgan fingerprint density at radius 3 is 2.50 bits per heavy atom. The van der Waals surface area contributed by atoms with Gasteiger partial charge in [0, 0.05) is 42.1 Å². The van der Waals surface area contributed by atoms with E-state index in [0.29, 0.717) is 60.5 Å². The number of hydrogen-bond donors (Lipinski definition) is 2. The lowest BCUT2D eigenvalue weighted by atomic mass is 10.1. The summed E-state index contributed by atoms with van der Waals surface area (Å²) in [6, 6.07) is 10.7. The van der Waals surface area contributed by atoms with Gasteiger partial charge in [0.25, 0.3) is 5.91 Å². The maximum Gasteiger partial charge on any atom is 0.261 e. The maximum atomic E-state index is 12.8. The van der Waals surface area contributed by atoms with Crippen LogP contribution in [0.15, 0.2) is 40.9 Å². The molecule has 0 bridgehead atoms. The number of methoxy groups -OCH3 is 1. The highest BCUT2D eigenvalue weighted by Gasteiger charge is 2.23. The van der Waals surface area contributed by atoms with Gasteiger partial charge in [-0.25, -0.2) is 0 Å². The van der Waals surface area contributed by atoms with Crippen molar-refractivity contribution >= 4 is 68.1 Å². The third-order valence-corrected chi connectivity index (χ3v) is 6.33. The fraction of sp³-hybridized carbons (Fsp3) is 0.375. The van der Waals surface area contributed by atoms with Crippen LogP contribution in [-0.2, 0) is 4.79 Å². The monoisotopic (exact) mass is 566 g/mol. The van der Waals surface area contributed by atoms with Crippen LogP contribution in [0.5, 0.6) is 5.75 Å². The lowest BCUT2D eigenvalue weighted by molar-refractivity contribution is -0.132. The van der Waals surface area contributed by atoms with Crippen LogP contribution in [-0.4, -0.2) is 55.1 Å². The summed E-state index contributed by atoms with van der Waals surface area (Å²) in [6.45, 7) is 6.78. The van der Waals surface area contributed by atoms with E-state index in [4.69, 9.17) is 28.6 Å². The van der Waals surface area contributed by atoms with Gasteiger partial charge in [-0.3, -0.25) is 14.9 Å². The number of nitrogens with zero attached hydrogens (tertiary/aromatic N) is 2. The molecule has 0 aromatic heterocycles. The second-order valence-corrected chi connectivity index (χ2v) is 10.1. The van der Waals surface area contributed by atoms with Gasteiger partial charge >= 0.3 is 0 Å². The van der Waals surface area contributed by atoms with E-state index < -0.39 is 5.91 Å². The van der Waals surface area contributed by atoms with E-state index in [9.17, 15) is 9.59 Å². The maximum absolute atomic E-state index is 12.8. The van der Waals surface area contributed by atoms with Crippen LogP contribution in [0.4, 0.5) is 11.4 Å². The molecular formula is C24H28BrClN4O3S. The van der Waals surface area contributed by atoms with E-state index in [1.807, 2.05) is 30.9 Å². The minimum atomic E-state index is -0.392. The molecule has 1 heterocycles. The van der Waals surface area contributed by atoms with Gasteiger partial charge in [-0.15, -0.1) is 0 Å². The second kappa shape index (κ2) is 11.9. The highest BCUT2D eigenvalue weighted by atomic mass is 79.9. The van der Waals surface area contributed by atoms with Crippen LogP contribution in [0, 0.1) is 5.92 Å². The number of ether oxygens (including phenoxy) is 1. The molecule has 7 nitrogen and oxygen atoms in total. The minimum absolute atomic E-state index is 0.140. The number of benzene rings is 2. The molecule has 182 valence electrons. The molecule has 1 aliphatic heterocycles. The first kappa shape index (κ1) is 26.2. The molecular weight excluding hydrogens is 540 g/mol. The van der Waals surface area contributed by atoms with Crippen molar-refractivity contribution in [3.63, 3.8) is 0 Å². The Hall–Kier alpha value is -2.36. The third-order valence-electron chi connectivity index (χ3n) is 5.40. The Morgan fingerprint density at radius 2 is 1.85 bits per heavy atom. The molecule has 0 unspecified atom stereocenters. The van der Waals surface area contributed by atoms with Crippen molar-refractivity contribution in [3.05, 3.63) is 51.5 Å². The first-order valence-corrected chi connectivity index (χ1v) is 12.5. The number of amides is 2. The summed E-state index contributed by atoms with van der Waals surface area (Å²) in [5, 5.41) is 6.49. The van der Waals surface area contributed by atoms with E-state index in [1.165, 1.54) is 7.11 Å². The average molecular weight is 568 g/mol. The van der Waals surface area contributed by atoms with Gasteiger partial charge in [0.05, 0.1) is 24.0 Å². The van der Waals surface area contributed by atoms with E-state index in [2.05, 4.69) is 31.5 Å². The number of rotatable bonds is 6. The van der Waals surface area contributed by atoms with Gasteiger partial charge < -0.3 is 19.9 Å². The highest BCUT2D eigenvalue weighted by Crippen LogP contribution is 2.30. The summed E-state index contributed by atoms with van der Waals surface area (Å²) in [5.74, 6) is 0.579. The molecule has 3 rings (SSSR count). The fourth-order valence-electron chi connectivity index (χ4n) is 3.74. The molecule has 2 aromatic rings. The number of anilines is 2. The largest absolute Gasteiger partial charge is 0.496 e. The first-order chi connectivity index (χ1) is 16.2. The smallest absolute Gasteiger partial charge is 0.261 e. The molecule has 0 aliphatic carbocycles. The van der Waals surface area contributed by atoms with Crippen molar-refractivity contribution in [1.82, 2.24) is 10.2 Å². The van der Waals surface area contributed by atoms with Gasteiger partial charge in [-0.1, -0.05) is 41.4 Å². The van der Waals surface area contributed by atoms with Crippen molar-refractivity contribution < 1.29 is 14.3 Å². The van der Waals surface area contributed by atoms with Gasteiger partial charge in [-0.2, -0.15) is 0 Å². The summed E-state index contributed by atoms with van der Waals surface area (Å²) >= 11 is 15.0. The van der Waals surface area contributed by atoms with E-state index in [1.54, 1.807) is 24.3 Å². The summed E-state index contributed by atoms with van der Waals surface area (Å²) in [7, 11) is 1.50. The Bertz CT molecular complexity index is 1070. The quantitative estimate of drug-likeness (QED) is 0.482. The number of halogens is 2. The Kier molecular flexibility index (Phi) is 9.16. The Balaban J connectivity index is 1.69. The Labute approximate surface area is 218 Å². The molecule has 0 spiro atoms. The predicted molar refractivity (Wildman–Crippen MR) is 144 cm³/mol. The van der Waals surface area contributed by atoms with Crippen molar-refractivity contribution in [2.45, 2.75) is 20.3 Å². The van der Waals surface area contributed by atoms with E-state index in [-0.39, 0.29) is 11.0 Å². The fourth-order valence-corrected chi connectivity index (χ4v) is 4.48. The zero-order chi connectivity index (χ0) is 24.8. The van der Waals surface area contributed by atoms with Crippen LogP contribution in [0.25, 0.3) is 0 Å². The zero-order valence-electron chi connectivity index (χ0n) is 19.4. The van der Waals surface area contributed by atoms with Crippen molar-refractivity contribution in [2.24, 2.45) is 5.92 Å². The number of hydrogen-bond acceptors (Lipinski definition) is 5. The van der Waals surface area contributed by atoms with Gasteiger partial charge in [-0.05, 0) is 54.5 Å². The zero-order valence-corrected chi connectivity index (χ0v) is 22.5. The summed E-state index contributed by atoms with van der Waals surface area (Å²) in [5.41, 5.74) is 1.94. The molecule has 0 saturated carbocycles. The molecule has 1 aliphatic rings. The second-order valence-electron chi connectivity index (χ2n) is 8.38. The molecule has 0 atom stereocenters. The van der Waals surface area contributed by atoms with Crippen molar-refractivity contribution in [1.29, 1.82) is 0 Å². The number of carbonyl (C=O) groups excluding carboxylic acids is 2. The molecule has 1 saturated heterocycles. The average Bonchev–Trinajstić information content (AvgIpc) is 2.78. The standard InChI is InChI=1S/C24H28BrClN4O3S/c1-15(2)12-22(31)30-10-8-29(9-11-30)20-6-5-17(26)14-19(20)27-24(34)28-23(32)18-13-16(25)4-7-21(18)33-3/h4-7,13-15H,8-12H2,1-3H3,(H2,27,28,32,34). The molecule has 10 heteroatoms. The summed E-state index contributed by atoms with van der Waals surface area (Å²) < 4.78 is 6.04.